The number of aromatic nitrogens is 3. The van der Waals surface area contributed by atoms with E-state index in [-0.39, 0.29) is 0 Å². The summed E-state index contributed by atoms with van der Waals surface area (Å²) in [5.41, 5.74) is 2.98. The minimum absolute atomic E-state index is 0.348. The first-order chi connectivity index (χ1) is 7.79. The van der Waals surface area contributed by atoms with E-state index < -0.39 is 5.97 Å². The first kappa shape index (κ1) is 9.33. The van der Waals surface area contributed by atoms with Crippen molar-refractivity contribution in [3.05, 3.63) is 23.8 Å². The second kappa shape index (κ2) is 3.30. The summed E-state index contributed by atoms with van der Waals surface area (Å²) >= 11 is 0. The second-order valence-electron chi connectivity index (χ2n) is 3.96. The Morgan fingerprint density at radius 1 is 1.56 bits per heavy atom. The van der Waals surface area contributed by atoms with Gasteiger partial charge in [0.15, 0.2) is 5.69 Å². The van der Waals surface area contributed by atoms with Crippen LogP contribution in [0.4, 0.5) is 0 Å². The number of hydrogen-bond donors (Lipinski definition) is 1. The maximum atomic E-state index is 11.5. The number of imidazole rings is 1. The number of aromatic amines is 1. The zero-order valence-electron chi connectivity index (χ0n) is 8.86. The van der Waals surface area contributed by atoms with Gasteiger partial charge in [0.2, 0.25) is 0 Å². The highest BCUT2D eigenvalue weighted by molar-refractivity contribution is 5.92. The summed E-state index contributed by atoms with van der Waals surface area (Å²) in [6.07, 6.45) is 3.87. The van der Waals surface area contributed by atoms with Crippen LogP contribution in [0.5, 0.6) is 0 Å². The predicted octanol–water partition coefficient (Wildman–Crippen LogP) is 1.62. The van der Waals surface area contributed by atoms with E-state index in [2.05, 4.69) is 19.7 Å². The molecule has 0 unspecified atom stereocenters. The molecule has 5 heteroatoms. The average Bonchev–Trinajstić information content (AvgIpc) is 3.04. The SMILES string of the molecule is COC(=O)c1cc2[nH]cnc2c(C2CC2)n1. The fourth-order valence-corrected chi connectivity index (χ4v) is 1.82. The zero-order valence-corrected chi connectivity index (χ0v) is 8.86. The molecule has 5 nitrogen and oxygen atoms in total. The molecular weight excluding hydrogens is 206 g/mol. The number of ether oxygens (including phenoxy) is 1. The molecule has 1 aliphatic carbocycles. The van der Waals surface area contributed by atoms with Crippen molar-refractivity contribution in [1.29, 1.82) is 0 Å². The van der Waals surface area contributed by atoms with Crippen molar-refractivity contribution < 1.29 is 9.53 Å². The Morgan fingerprint density at radius 2 is 2.38 bits per heavy atom. The van der Waals surface area contributed by atoms with E-state index in [4.69, 9.17) is 0 Å². The van der Waals surface area contributed by atoms with E-state index in [1.807, 2.05) is 0 Å². The molecule has 2 aromatic rings. The highest BCUT2D eigenvalue weighted by Gasteiger charge is 2.29. The van der Waals surface area contributed by atoms with E-state index in [0.717, 1.165) is 29.6 Å². The van der Waals surface area contributed by atoms with Crippen LogP contribution in [0, 0.1) is 0 Å². The first-order valence-electron chi connectivity index (χ1n) is 5.22. The Bertz CT molecular complexity index is 557. The Hall–Kier alpha value is -1.91. The molecule has 0 amide bonds. The summed E-state index contributed by atoms with van der Waals surface area (Å²) in [6, 6.07) is 1.68. The maximum absolute atomic E-state index is 11.5. The van der Waals surface area contributed by atoms with Crippen LogP contribution in [-0.4, -0.2) is 28.0 Å². The number of nitrogens with zero attached hydrogens (tertiary/aromatic N) is 2. The van der Waals surface area contributed by atoms with Crippen LogP contribution in [0.2, 0.25) is 0 Å². The van der Waals surface area contributed by atoms with Crippen LogP contribution in [0.1, 0.15) is 34.9 Å². The lowest BCUT2D eigenvalue weighted by atomic mass is 10.2. The fourth-order valence-electron chi connectivity index (χ4n) is 1.82. The number of nitrogens with one attached hydrogen (secondary N) is 1. The van der Waals surface area contributed by atoms with Crippen LogP contribution >= 0.6 is 0 Å². The molecule has 3 rings (SSSR count). The van der Waals surface area contributed by atoms with Crippen LogP contribution in [0.15, 0.2) is 12.4 Å². The number of H-pyrrole nitrogens is 1. The molecule has 0 atom stereocenters. The minimum Gasteiger partial charge on any atom is -0.464 e. The number of methoxy groups -OCH3 is 1. The van der Waals surface area contributed by atoms with Crippen molar-refractivity contribution in [3.63, 3.8) is 0 Å². The third-order valence-corrected chi connectivity index (χ3v) is 2.79. The lowest BCUT2D eigenvalue weighted by molar-refractivity contribution is 0.0594. The molecule has 0 saturated heterocycles. The number of pyridine rings is 1. The van der Waals surface area contributed by atoms with Crippen molar-refractivity contribution in [2.24, 2.45) is 0 Å². The van der Waals surface area contributed by atoms with Crippen molar-refractivity contribution in [3.8, 4) is 0 Å². The lowest BCUT2D eigenvalue weighted by Crippen LogP contribution is -2.06. The van der Waals surface area contributed by atoms with Gasteiger partial charge in [0.1, 0.15) is 5.52 Å². The van der Waals surface area contributed by atoms with Gasteiger partial charge in [0.25, 0.3) is 0 Å². The van der Waals surface area contributed by atoms with E-state index in [1.54, 1.807) is 12.4 Å². The van der Waals surface area contributed by atoms with Crippen LogP contribution in [0.25, 0.3) is 11.0 Å². The maximum Gasteiger partial charge on any atom is 0.356 e. The molecule has 2 aromatic heterocycles. The Morgan fingerprint density at radius 3 is 3.06 bits per heavy atom. The van der Waals surface area contributed by atoms with Gasteiger partial charge in [0.05, 0.1) is 24.6 Å². The monoisotopic (exact) mass is 217 g/mol. The van der Waals surface area contributed by atoms with Gasteiger partial charge < -0.3 is 9.72 Å². The third kappa shape index (κ3) is 1.36. The van der Waals surface area contributed by atoms with Gasteiger partial charge >= 0.3 is 5.97 Å². The Balaban J connectivity index is 2.20. The van der Waals surface area contributed by atoms with Gasteiger partial charge in [0, 0.05) is 5.92 Å². The molecule has 1 aliphatic rings. The molecule has 0 radical (unpaired) electrons. The van der Waals surface area contributed by atoms with E-state index >= 15 is 0 Å². The number of esters is 1. The molecule has 2 heterocycles. The smallest absolute Gasteiger partial charge is 0.356 e. The summed E-state index contributed by atoms with van der Waals surface area (Å²) in [7, 11) is 1.36. The molecule has 0 aromatic carbocycles. The van der Waals surface area contributed by atoms with Crippen LogP contribution in [0.3, 0.4) is 0 Å². The molecule has 82 valence electrons. The van der Waals surface area contributed by atoms with Gasteiger partial charge in [-0.15, -0.1) is 0 Å². The largest absolute Gasteiger partial charge is 0.464 e. The molecule has 0 bridgehead atoms. The summed E-state index contributed by atoms with van der Waals surface area (Å²) in [4.78, 5) is 23.0. The van der Waals surface area contributed by atoms with Gasteiger partial charge in [-0.05, 0) is 18.9 Å². The topological polar surface area (TPSA) is 67.9 Å². The number of rotatable bonds is 2. The average molecular weight is 217 g/mol. The minimum atomic E-state index is -0.404. The van der Waals surface area contributed by atoms with E-state index in [0.29, 0.717) is 11.6 Å². The van der Waals surface area contributed by atoms with Gasteiger partial charge in [-0.2, -0.15) is 0 Å². The highest BCUT2D eigenvalue weighted by Crippen LogP contribution is 2.41. The second-order valence-corrected chi connectivity index (χ2v) is 3.96. The predicted molar refractivity (Wildman–Crippen MR) is 57.2 cm³/mol. The molecular formula is C11H11N3O2. The molecule has 1 N–H and O–H groups in total. The van der Waals surface area contributed by atoms with Gasteiger partial charge in [-0.1, -0.05) is 0 Å². The molecule has 0 spiro atoms. The van der Waals surface area contributed by atoms with Gasteiger partial charge in [-0.3, -0.25) is 0 Å². The normalized spacial score (nSPS) is 15.3. The van der Waals surface area contributed by atoms with E-state index in [9.17, 15) is 4.79 Å². The molecule has 16 heavy (non-hydrogen) atoms. The van der Waals surface area contributed by atoms with E-state index in [1.165, 1.54) is 7.11 Å². The highest BCUT2D eigenvalue weighted by atomic mass is 16.5. The van der Waals surface area contributed by atoms with Crippen molar-refractivity contribution >= 4 is 17.0 Å². The summed E-state index contributed by atoms with van der Waals surface area (Å²) in [5.74, 6) is 0.0498. The van der Waals surface area contributed by atoms with Crippen molar-refractivity contribution in [2.75, 3.05) is 7.11 Å². The standard InChI is InChI=1S/C11H11N3O2/c1-16-11(15)8-4-7-10(13-5-12-7)9(14-8)6-2-3-6/h4-6H,2-3H2,1H3,(H,12,13). The summed E-state index contributed by atoms with van der Waals surface area (Å²) in [5, 5.41) is 0. The lowest BCUT2D eigenvalue weighted by Gasteiger charge is -2.03. The Labute approximate surface area is 91.9 Å². The molecule has 0 aliphatic heterocycles. The first-order valence-corrected chi connectivity index (χ1v) is 5.22. The quantitative estimate of drug-likeness (QED) is 0.776. The van der Waals surface area contributed by atoms with Gasteiger partial charge in [-0.25, -0.2) is 14.8 Å². The van der Waals surface area contributed by atoms with Crippen LogP contribution in [-0.2, 0) is 4.74 Å². The summed E-state index contributed by atoms with van der Waals surface area (Å²) < 4.78 is 4.68. The zero-order chi connectivity index (χ0) is 11.1. The van der Waals surface area contributed by atoms with Crippen molar-refractivity contribution in [2.45, 2.75) is 18.8 Å². The number of fused-ring (bicyclic) bond motifs is 1. The van der Waals surface area contributed by atoms with Crippen LogP contribution < -0.4 is 0 Å². The third-order valence-electron chi connectivity index (χ3n) is 2.79. The molecule has 1 fully saturated rings. The molecule has 1 saturated carbocycles. The summed E-state index contributed by atoms with van der Waals surface area (Å²) in [6.45, 7) is 0. The Kier molecular flexibility index (Phi) is 1.92. The number of hydrogen-bond acceptors (Lipinski definition) is 4. The van der Waals surface area contributed by atoms with Crippen molar-refractivity contribution in [1.82, 2.24) is 15.0 Å². The number of carbonyl (C=O) groups is 1. The fraction of sp³-hybridized carbons (Fsp3) is 0.364. The number of carbonyl (C=O) groups excluding carboxylic acids is 1.